The van der Waals surface area contributed by atoms with Crippen LogP contribution in [0.1, 0.15) is 24.1 Å². The van der Waals surface area contributed by atoms with E-state index < -0.39 is 5.91 Å². The van der Waals surface area contributed by atoms with E-state index in [-0.39, 0.29) is 11.6 Å². The van der Waals surface area contributed by atoms with Crippen molar-refractivity contribution in [2.75, 3.05) is 0 Å². The molecular weight excluding hydrogens is 262 g/mol. The van der Waals surface area contributed by atoms with E-state index in [1.807, 2.05) is 43.3 Å². The molecule has 0 spiro atoms. The van der Waals surface area contributed by atoms with Crippen LogP contribution < -0.4 is 5.32 Å². The molecule has 0 bridgehead atoms. The fourth-order valence-corrected chi connectivity index (χ4v) is 1.88. The number of rotatable bonds is 4. The molecule has 1 aromatic carbocycles. The minimum atomic E-state index is -0.391. The van der Waals surface area contributed by atoms with Crippen LogP contribution in [0.3, 0.4) is 0 Å². The Labute approximate surface area is 123 Å². The fraction of sp³-hybridized carbons (Fsp3) is 0.118. The van der Waals surface area contributed by atoms with Crippen LogP contribution in [0, 0.1) is 11.3 Å². The first kappa shape index (κ1) is 14.5. The number of benzene rings is 1. The lowest BCUT2D eigenvalue weighted by atomic mass is 10.1. The summed E-state index contributed by atoms with van der Waals surface area (Å²) in [6.07, 6.45) is 4.77. The molecule has 2 aromatic rings. The highest BCUT2D eigenvalue weighted by atomic mass is 16.1. The van der Waals surface area contributed by atoms with Crippen molar-refractivity contribution < 1.29 is 4.79 Å². The van der Waals surface area contributed by atoms with Crippen molar-refractivity contribution in [1.29, 1.82) is 5.26 Å². The van der Waals surface area contributed by atoms with Crippen LogP contribution >= 0.6 is 0 Å². The molecule has 1 amide bonds. The van der Waals surface area contributed by atoms with E-state index in [0.29, 0.717) is 0 Å². The van der Waals surface area contributed by atoms with Gasteiger partial charge in [-0.3, -0.25) is 9.78 Å². The van der Waals surface area contributed by atoms with E-state index in [0.717, 1.165) is 11.1 Å². The van der Waals surface area contributed by atoms with Gasteiger partial charge in [0.2, 0.25) is 0 Å². The Balaban J connectivity index is 2.11. The Bertz CT molecular complexity index is 672. The molecule has 2 rings (SSSR count). The molecule has 21 heavy (non-hydrogen) atoms. The van der Waals surface area contributed by atoms with E-state index in [1.54, 1.807) is 24.5 Å². The number of carbonyl (C=O) groups is 1. The van der Waals surface area contributed by atoms with Crippen molar-refractivity contribution in [2.24, 2.45) is 0 Å². The summed E-state index contributed by atoms with van der Waals surface area (Å²) >= 11 is 0. The maximum Gasteiger partial charge on any atom is 0.262 e. The number of hydrogen-bond acceptors (Lipinski definition) is 3. The van der Waals surface area contributed by atoms with Gasteiger partial charge in [-0.15, -0.1) is 0 Å². The highest BCUT2D eigenvalue weighted by Gasteiger charge is 2.13. The first-order valence-electron chi connectivity index (χ1n) is 6.58. The molecule has 1 N–H and O–H groups in total. The molecule has 4 nitrogen and oxygen atoms in total. The summed E-state index contributed by atoms with van der Waals surface area (Å²) in [5.41, 5.74) is 1.77. The third-order valence-corrected chi connectivity index (χ3v) is 3.01. The molecule has 1 unspecified atom stereocenters. The highest BCUT2D eigenvalue weighted by Crippen LogP contribution is 2.12. The van der Waals surface area contributed by atoms with Crippen molar-refractivity contribution >= 4 is 12.0 Å². The lowest BCUT2D eigenvalue weighted by Gasteiger charge is -2.13. The Morgan fingerprint density at radius 3 is 2.67 bits per heavy atom. The van der Waals surface area contributed by atoms with Gasteiger partial charge in [0.25, 0.3) is 5.91 Å². The number of nitriles is 1. The van der Waals surface area contributed by atoms with Gasteiger partial charge in [0.1, 0.15) is 11.6 Å². The Hall–Kier alpha value is -2.93. The molecule has 0 aliphatic rings. The van der Waals surface area contributed by atoms with Crippen LogP contribution in [0.5, 0.6) is 0 Å². The van der Waals surface area contributed by atoms with Crippen LogP contribution in [-0.2, 0) is 4.79 Å². The maximum absolute atomic E-state index is 12.1. The molecular formula is C17H15N3O. The SMILES string of the molecule is CC(NC(=O)/C(C#N)=C\c1cccnc1)c1ccccc1. The molecule has 0 aliphatic carbocycles. The monoisotopic (exact) mass is 277 g/mol. The largest absolute Gasteiger partial charge is 0.345 e. The molecule has 0 aliphatic heterocycles. The zero-order valence-corrected chi connectivity index (χ0v) is 11.7. The fourth-order valence-electron chi connectivity index (χ4n) is 1.88. The average molecular weight is 277 g/mol. The third kappa shape index (κ3) is 4.02. The van der Waals surface area contributed by atoms with Crippen LogP contribution in [-0.4, -0.2) is 10.9 Å². The summed E-state index contributed by atoms with van der Waals surface area (Å²) < 4.78 is 0. The van der Waals surface area contributed by atoms with E-state index in [4.69, 9.17) is 5.26 Å². The number of nitrogens with zero attached hydrogens (tertiary/aromatic N) is 2. The molecule has 0 saturated heterocycles. The van der Waals surface area contributed by atoms with Gasteiger partial charge in [0, 0.05) is 12.4 Å². The third-order valence-electron chi connectivity index (χ3n) is 3.01. The van der Waals surface area contributed by atoms with Crippen molar-refractivity contribution in [3.05, 3.63) is 71.6 Å². The predicted octanol–water partition coefficient (Wildman–Crippen LogP) is 2.87. The van der Waals surface area contributed by atoms with Gasteiger partial charge in [0.15, 0.2) is 0 Å². The van der Waals surface area contributed by atoms with Crippen LogP contribution in [0.4, 0.5) is 0 Å². The van der Waals surface area contributed by atoms with Gasteiger partial charge in [-0.05, 0) is 30.2 Å². The molecule has 1 aromatic heterocycles. The molecule has 0 radical (unpaired) electrons. The molecule has 0 fully saturated rings. The zero-order chi connectivity index (χ0) is 15.1. The summed E-state index contributed by atoms with van der Waals surface area (Å²) in [5, 5.41) is 12.0. The van der Waals surface area contributed by atoms with Crippen molar-refractivity contribution in [2.45, 2.75) is 13.0 Å². The zero-order valence-electron chi connectivity index (χ0n) is 11.7. The number of aromatic nitrogens is 1. The van der Waals surface area contributed by atoms with Gasteiger partial charge in [0.05, 0.1) is 6.04 Å². The molecule has 4 heteroatoms. The minimum absolute atomic E-state index is 0.0609. The summed E-state index contributed by atoms with van der Waals surface area (Å²) in [5.74, 6) is -0.391. The average Bonchev–Trinajstić information content (AvgIpc) is 2.54. The molecule has 0 saturated carbocycles. The summed E-state index contributed by atoms with van der Waals surface area (Å²) in [6.45, 7) is 1.88. The highest BCUT2D eigenvalue weighted by molar-refractivity contribution is 6.01. The smallest absolute Gasteiger partial charge is 0.262 e. The van der Waals surface area contributed by atoms with Gasteiger partial charge in [-0.25, -0.2) is 0 Å². The maximum atomic E-state index is 12.1. The Morgan fingerprint density at radius 2 is 2.05 bits per heavy atom. The van der Waals surface area contributed by atoms with Crippen molar-refractivity contribution in [3.8, 4) is 6.07 Å². The number of nitrogens with one attached hydrogen (secondary N) is 1. The lowest BCUT2D eigenvalue weighted by Crippen LogP contribution is -2.27. The van der Waals surface area contributed by atoms with Crippen LogP contribution in [0.2, 0.25) is 0 Å². The number of amides is 1. The predicted molar refractivity (Wildman–Crippen MR) is 80.8 cm³/mol. The normalized spacial score (nSPS) is 12.3. The second-order valence-corrected chi connectivity index (χ2v) is 4.56. The van der Waals surface area contributed by atoms with E-state index in [2.05, 4.69) is 10.3 Å². The van der Waals surface area contributed by atoms with Gasteiger partial charge < -0.3 is 5.32 Å². The number of hydrogen-bond donors (Lipinski definition) is 1. The van der Waals surface area contributed by atoms with Crippen molar-refractivity contribution in [1.82, 2.24) is 10.3 Å². The van der Waals surface area contributed by atoms with Crippen molar-refractivity contribution in [3.63, 3.8) is 0 Å². The molecule has 1 atom stereocenters. The van der Waals surface area contributed by atoms with E-state index in [9.17, 15) is 4.79 Å². The summed E-state index contributed by atoms with van der Waals surface area (Å²) in [4.78, 5) is 16.1. The topological polar surface area (TPSA) is 65.8 Å². The van der Waals surface area contributed by atoms with E-state index in [1.165, 1.54) is 6.08 Å². The standard InChI is InChI=1S/C17H15N3O/c1-13(15-7-3-2-4-8-15)20-17(21)16(11-18)10-14-6-5-9-19-12-14/h2-10,12-13H,1H3,(H,20,21)/b16-10-. The van der Waals surface area contributed by atoms with Gasteiger partial charge >= 0.3 is 0 Å². The van der Waals surface area contributed by atoms with Gasteiger partial charge in [-0.1, -0.05) is 36.4 Å². The van der Waals surface area contributed by atoms with E-state index >= 15 is 0 Å². The Kier molecular flexibility index (Phi) is 4.84. The first-order chi connectivity index (χ1) is 10.2. The number of carbonyl (C=O) groups excluding carboxylic acids is 1. The Morgan fingerprint density at radius 1 is 1.29 bits per heavy atom. The second kappa shape index (κ2) is 7.01. The summed E-state index contributed by atoms with van der Waals surface area (Å²) in [7, 11) is 0. The summed E-state index contributed by atoms with van der Waals surface area (Å²) in [6, 6.07) is 14.9. The lowest BCUT2D eigenvalue weighted by molar-refractivity contribution is -0.117. The van der Waals surface area contributed by atoms with Gasteiger partial charge in [-0.2, -0.15) is 5.26 Å². The van der Waals surface area contributed by atoms with Crippen LogP contribution in [0.15, 0.2) is 60.4 Å². The minimum Gasteiger partial charge on any atom is -0.345 e. The quantitative estimate of drug-likeness (QED) is 0.690. The molecule has 104 valence electrons. The second-order valence-electron chi connectivity index (χ2n) is 4.56. The van der Waals surface area contributed by atoms with Crippen LogP contribution in [0.25, 0.3) is 6.08 Å². The molecule has 1 heterocycles. The first-order valence-corrected chi connectivity index (χ1v) is 6.58. The number of pyridine rings is 1.